The standard InChI is InChI=1S/C16H21FN2O3/c1-10-8-19(9-11(2)22-10)16(21)7-18-15-6-13(17)4-5-14(15)12(3)20/h4-6,10-11,18H,7-9H2,1-3H3/t10-,11+. The molecule has 0 aromatic heterocycles. The summed E-state index contributed by atoms with van der Waals surface area (Å²) in [7, 11) is 0. The number of amides is 1. The van der Waals surface area contributed by atoms with E-state index in [1.54, 1.807) is 4.90 Å². The molecule has 0 bridgehead atoms. The first-order chi connectivity index (χ1) is 10.4. The molecule has 5 nitrogen and oxygen atoms in total. The third-order valence-electron chi connectivity index (χ3n) is 3.56. The van der Waals surface area contributed by atoms with Crippen LogP contribution in [0.15, 0.2) is 18.2 Å². The number of halogens is 1. The molecule has 0 spiro atoms. The van der Waals surface area contributed by atoms with Crippen LogP contribution in [0.1, 0.15) is 31.1 Å². The normalized spacial score (nSPS) is 21.5. The number of nitrogens with zero attached hydrogens (tertiary/aromatic N) is 1. The van der Waals surface area contributed by atoms with Crippen LogP contribution < -0.4 is 5.32 Å². The van der Waals surface area contributed by atoms with E-state index in [-0.39, 0.29) is 30.4 Å². The molecule has 1 heterocycles. The molecular weight excluding hydrogens is 287 g/mol. The Hall–Kier alpha value is -1.95. The monoisotopic (exact) mass is 308 g/mol. The highest BCUT2D eigenvalue weighted by molar-refractivity contribution is 6.00. The number of carbonyl (C=O) groups excluding carboxylic acids is 2. The van der Waals surface area contributed by atoms with Crippen LogP contribution in [-0.2, 0) is 9.53 Å². The summed E-state index contributed by atoms with van der Waals surface area (Å²) in [6.45, 7) is 6.34. The van der Waals surface area contributed by atoms with Crippen LogP contribution in [-0.4, -0.2) is 48.4 Å². The van der Waals surface area contributed by atoms with Crippen LogP contribution in [0.5, 0.6) is 0 Å². The fraction of sp³-hybridized carbons (Fsp3) is 0.500. The van der Waals surface area contributed by atoms with E-state index in [9.17, 15) is 14.0 Å². The van der Waals surface area contributed by atoms with Gasteiger partial charge < -0.3 is 15.0 Å². The Morgan fingerprint density at radius 3 is 2.55 bits per heavy atom. The second kappa shape index (κ2) is 6.87. The third kappa shape index (κ3) is 4.04. The molecule has 0 unspecified atom stereocenters. The van der Waals surface area contributed by atoms with Gasteiger partial charge in [-0.2, -0.15) is 0 Å². The quantitative estimate of drug-likeness (QED) is 0.865. The number of anilines is 1. The van der Waals surface area contributed by atoms with Crippen molar-refractivity contribution in [2.75, 3.05) is 25.0 Å². The van der Waals surface area contributed by atoms with Crippen molar-refractivity contribution in [3.63, 3.8) is 0 Å². The first-order valence-corrected chi connectivity index (χ1v) is 7.34. The Balaban J connectivity index is 2.02. The van der Waals surface area contributed by atoms with Crippen molar-refractivity contribution in [2.45, 2.75) is 33.0 Å². The number of nitrogens with one attached hydrogen (secondary N) is 1. The van der Waals surface area contributed by atoms with Gasteiger partial charge in [0.1, 0.15) is 5.82 Å². The summed E-state index contributed by atoms with van der Waals surface area (Å²) < 4.78 is 18.9. The molecule has 1 saturated heterocycles. The zero-order valence-corrected chi connectivity index (χ0v) is 13.1. The molecule has 1 aromatic carbocycles. The third-order valence-corrected chi connectivity index (χ3v) is 3.56. The lowest BCUT2D eigenvalue weighted by Crippen LogP contribution is -2.49. The molecule has 0 aliphatic carbocycles. The molecule has 1 aliphatic rings. The molecule has 6 heteroatoms. The second-order valence-corrected chi connectivity index (χ2v) is 5.66. The van der Waals surface area contributed by atoms with E-state index < -0.39 is 5.82 Å². The summed E-state index contributed by atoms with van der Waals surface area (Å²) >= 11 is 0. The van der Waals surface area contributed by atoms with Gasteiger partial charge in [-0.15, -0.1) is 0 Å². The topological polar surface area (TPSA) is 58.6 Å². The zero-order valence-electron chi connectivity index (χ0n) is 13.1. The molecule has 22 heavy (non-hydrogen) atoms. The molecule has 120 valence electrons. The Bertz CT molecular complexity index is 567. The molecule has 1 aromatic rings. The number of benzene rings is 1. The Morgan fingerprint density at radius 1 is 1.32 bits per heavy atom. The number of hydrogen-bond acceptors (Lipinski definition) is 4. The summed E-state index contributed by atoms with van der Waals surface area (Å²) in [5.41, 5.74) is 0.716. The van der Waals surface area contributed by atoms with Crippen LogP contribution in [0.3, 0.4) is 0 Å². The number of morpholine rings is 1. The van der Waals surface area contributed by atoms with Gasteiger partial charge in [0.25, 0.3) is 0 Å². The second-order valence-electron chi connectivity index (χ2n) is 5.66. The predicted octanol–water partition coefficient (Wildman–Crippen LogP) is 2.08. The van der Waals surface area contributed by atoms with Crippen molar-refractivity contribution in [3.05, 3.63) is 29.6 Å². The van der Waals surface area contributed by atoms with Gasteiger partial charge in [-0.3, -0.25) is 9.59 Å². The molecular formula is C16H21FN2O3. The predicted molar refractivity (Wildman–Crippen MR) is 81.5 cm³/mol. The SMILES string of the molecule is CC(=O)c1ccc(F)cc1NCC(=O)N1C[C@@H](C)O[C@@H](C)C1. The van der Waals surface area contributed by atoms with Crippen molar-refractivity contribution in [1.29, 1.82) is 0 Å². The summed E-state index contributed by atoms with van der Waals surface area (Å²) in [4.78, 5) is 25.5. The first kappa shape index (κ1) is 16.4. The van der Waals surface area contributed by atoms with Gasteiger partial charge in [0, 0.05) is 24.3 Å². The minimum atomic E-state index is -0.450. The number of hydrogen-bond donors (Lipinski definition) is 1. The minimum Gasteiger partial charge on any atom is -0.375 e. The van der Waals surface area contributed by atoms with Crippen molar-refractivity contribution in [2.24, 2.45) is 0 Å². The van der Waals surface area contributed by atoms with Gasteiger partial charge in [0.05, 0.1) is 18.8 Å². The minimum absolute atomic E-state index is 0.00495. The van der Waals surface area contributed by atoms with Crippen molar-refractivity contribution >= 4 is 17.4 Å². The summed E-state index contributed by atoms with van der Waals surface area (Å²) in [5.74, 6) is -0.724. The number of ether oxygens (including phenoxy) is 1. The average molecular weight is 308 g/mol. The molecule has 2 atom stereocenters. The van der Waals surface area contributed by atoms with Crippen molar-refractivity contribution < 1.29 is 18.7 Å². The lowest BCUT2D eigenvalue weighted by Gasteiger charge is -2.35. The van der Waals surface area contributed by atoms with Crippen LogP contribution >= 0.6 is 0 Å². The van der Waals surface area contributed by atoms with Gasteiger partial charge in [0.2, 0.25) is 5.91 Å². The van der Waals surface area contributed by atoms with E-state index in [0.29, 0.717) is 24.3 Å². The Morgan fingerprint density at radius 2 is 1.95 bits per heavy atom. The Kier molecular flexibility index (Phi) is 5.13. The zero-order chi connectivity index (χ0) is 16.3. The first-order valence-electron chi connectivity index (χ1n) is 7.34. The lowest BCUT2D eigenvalue weighted by molar-refractivity contribution is -0.141. The molecule has 1 fully saturated rings. The van der Waals surface area contributed by atoms with Gasteiger partial charge >= 0.3 is 0 Å². The fourth-order valence-corrected chi connectivity index (χ4v) is 2.63. The number of carbonyl (C=O) groups is 2. The maximum atomic E-state index is 13.3. The van der Waals surface area contributed by atoms with Gasteiger partial charge in [0.15, 0.2) is 5.78 Å². The highest BCUT2D eigenvalue weighted by Gasteiger charge is 2.25. The molecule has 0 saturated carbocycles. The number of rotatable bonds is 4. The maximum Gasteiger partial charge on any atom is 0.242 e. The highest BCUT2D eigenvalue weighted by Crippen LogP contribution is 2.18. The number of ketones is 1. The van der Waals surface area contributed by atoms with Gasteiger partial charge in [-0.25, -0.2) is 4.39 Å². The van der Waals surface area contributed by atoms with Gasteiger partial charge in [-0.05, 0) is 39.0 Å². The molecule has 0 radical (unpaired) electrons. The van der Waals surface area contributed by atoms with Crippen molar-refractivity contribution in [3.8, 4) is 0 Å². The maximum absolute atomic E-state index is 13.3. The molecule has 2 rings (SSSR count). The van der Waals surface area contributed by atoms with Crippen LogP contribution in [0, 0.1) is 5.82 Å². The lowest BCUT2D eigenvalue weighted by atomic mass is 10.1. The van der Waals surface area contributed by atoms with Crippen LogP contribution in [0.4, 0.5) is 10.1 Å². The summed E-state index contributed by atoms with van der Waals surface area (Å²) in [6.07, 6.45) is -0.00991. The Labute approximate surface area is 129 Å². The summed E-state index contributed by atoms with van der Waals surface area (Å²) in [6, 6.07) is 3.88. The molecule has 1 amide bonds. The fourth-order valence-electron chi connectivity index (χ4n) is 2.63. The van der Waals surface area contributed by atoms with E-state index in [2.05, 4.69) is 5.32 Å². The van der Waals surface area contributed by atoms with E-state index in [0.717, 1.165) is 0 Å². The van der Waals surface area contributed by atoms with Crippen molar-refractivity contribution in [1.82, 2.24) is 4.90 Å². The average Bonchev–Trinajstić information content (AvgIpc) is 2.43. The smallest absolute Gasteiger partial charge is 0.242 e. The molecule has 1 aliphatic heterocycles. The van der Waals surface area contributed by atoms with E-state index in [4.69, 9.17) is 4.74 Å². The van der Waals surface area contributed by atoms with E-state index >= 15 is 0 Å². The van der Waals surface area contributed by atoms with Crippen LogP contribution in [0.25, 0.3) is 0 Å². The highest BCUT2D eigenvalue weighted by atomic mass is 19.1. The number of Topliss-reactive ketones (excluding diaryl/α,β-unsaturated/α-hetero) is 1. The van der Waals surface area contributed by atoms with E-state index in [1.807, 2.05) is 13.8 Å². The van der Waals surface area contributed by atoms with E-state index in [1.165, 1.54) is 25.1 Å². The van der Waals surface area contributed by atoms with Gasteiger partial charge in [-0.1, -0.05) is 0 Å². The summed E-state index contributed by atoms with van der Waals surface area (Å²) in [5, 5.41) is 2.87. The molecule has 1 N–H and O–H groups in total. The largest absolute Gasteiger partial charge is 0.375 e. The van der Waals surface area contributed by atoms with Crippen LogP contribution in [0.2, 0.25) is 0 Å².